The Hall–Kier alpha value is -0.670. The molecule has 0 spiro atoms. The number of benzene rings is 1. The smallest absolute Gasteiger partial charge is 0.262 e. The van der Waals surface area contributed by atoms with Gasteiger partial charge in [-0.3, -0.25) is 0 Å². The van der Waals surface area contributed by atoms with Crippen LogP contribution in [0, 0.1) is 0 Å². The van der Waals surface area contributed by atoms with Crippen LogP contribution in [0.1, 0.15) is 41.5 Å². The molecule has 5 heteroatoms. The van der Waals surface area contributed by atoms with Gasteiger partial charge in [0, 0.05) is 39.3 Å². The Bertz CT molecular complexity index is 423. The van der Waals surface area contributed by atoms with E-state index < -0.39 is 7.71 Å². The molecule has 24 heavy (non-hydrogen) atoms. The molecule has 1 aromatic carbocycles. The van der Waals surface area contributed by atoms with Crippen molar-refractivity contribution in [1.29, 1.82) is 0 Å². The highest BCUT2D eigenvalue weighted by atomic mass is 31.2. The van der Waals surface area contributed by atoms with Crippen LogP contribution in [-0.2, 0) is 0 Å². The van der Waals surface area contributed by atoms with E-state index >= 15 is 0 Å². The fourth-order valence-corrected chi connectivity index (χ4v) is 8.63. The number of methoxy groups -OCH3 is 1. The van der Waals surface area contributed by atoms with Crippen molar-refractivity contribution in [2.45, 2.75) is 41.5 Å². The Labute approximate surface area is 150 Å². The van der Waals surface area contributed by atoms with Crippen molar-refractivity contribution < 1.29 is 4.74 Å². The molecule has 0 radical (unpaired) electrons. The van der Waals surface area contributed by atoms with Gasteiger partial charge in [-0.2, -0.15) is 0 Å². The van der Waals surface area contributed by atoms with Gasteiger partial charge in [0.05, 0.1) is 7.11 Å². The molecule has 0 aliphatic heterocycles. The molecule has 4 nitrogen and oxygen atoms in total. The minimum Gasteiger partial charge on any atom is -0.497 e. The molecular weight excluding hydrogens is 317 g/mol. The van der Waals surface area contributed by atoms with E-state index in [2.05, 4.69) is 79.8 Å². The summed E-state index contributed by atoms with van der Waals surface area (Å²) in [4.78, 5) is 0. The summed E-state index contributed by atoms with van der Waals surface area (Å²) in [6.07, 6.45) is 0. The second-order valence-corrected chi connectivity index (χ2v) is 9.03. The van der Waals surface area contributed by atoms with Crippen LogP contribution in [0.2, 0.25) is 0 Å². The van der Waals surface area contributed by atoms with Crippen molar-refractivity contribution in [3.63, 3.8) is 0 Å². The van der Waals surface area contributed by atoms with Gasteiger partial charge in [0.15, 0.2) is 0 Å². The second-order valence-electron chi connectivity index (χ2n) is 5.68. The minimum atomic E-state index is -1.76. The van der Waals surface area contributed by atoms with E-state index in [1.807, 2.05) is 0 Å². The molecule has 0 fully saturated rings. The maximum Gasteiger partial charge on any atom is 0.262 e. The molecule has 0 atom stereocenters. The summed E-state index contributed by atoms with van der Waals surface area (Å²) in [5.74, 6) is 0.926. The summed E-state index contributed by atoms with van der Waals surface area (Å²) in [6.45, 7) is 20.1. The van der Waals surface area contributed by atoms with Gasteiger partial charge in [0.1, 0.15) is 11.1 Å². The van der Waals surface area contributed by atoms with Crippen molar-refractivity contribution in [3.05, 3.63) is 24.3 Å². The first-order valence-electron chi connectivity index (χ1n) is 9.40. The third-order valence-electron chi connectivity index (χ3n) is 4.79. The van der Waals surface area contributed by atoms with Crippen molar-refractivity contribution in [2.75, 3.05) is 46.4 Å². The molecule has 1 rings (SSSR count). The van der Waals surface area contributed by atoms with E-state index in [9.17, 15) is 0 Å². The number of nitrogens with zero attached hydrogens (tertiary/aromatic N) is 3. The fourth-order valence-electron chi connectivity index (χ4n) is 3.66. The Balaban J connectivity index is 3.64. The van der Waals surface area contributed by atoms with Crippen LogP contribution < -0.4 is 10.0 Å². The van der Waals surface area contributed by atoms with Crippen molar-refractivity contribution in [1.82, 2.24) is 14.0 Å². The van der Waals surface area contributed by atoms with Crippen LogP contribution in [0.3, 0.4) is 0 Å². The predicted octanol–water partition coefficient (Wildman–Crippen LogP) is 4.11. The first-order valence-corrected chi connectivity index (χ1v) is 11.0. The van der Waals surface area contributed by atoms with Gasteiger partial charge in [0.25, 0.3) is 7.71 Å². The molecule has 0 saturated heterocycles. The molecule has 0 aliphatic rings. The van der Waals surface area contributed by atoms with Gasteiger partial charge in [-0.1, -0.05) is 0 Å². The summed E-state index contributed by atoms with van der Waals surface area (Å²) in [7, 11) is -0.0321. The molecule has 0 aromatic heterocycles. The Morgan fingerprint density at radius 3 is 1.25 bits per heavy atom. The van der Waals surface area contributed by atoms with E-state index in [1.54, 1.807) is 7.11 Å². The SMILES string of the molecule is CCN(CC)[P+](c1ccc(OC)cc1)(N(CC)CC)N(CC)CC. The first kappa shape index (κ1) is 21.4. The lowest BCUT2D eigenvalue weighted by Crippen LogP contribution is -2.50. The summed E-state index contributed by atoms with van der Waals surface area (Å²) in [5, 5.41) is 1.43. The van der Waals surface area contributed by atoms with E-state index in [4.69, 9.17) is 4.74 Å². The van der Waals surface area contributed by atoms with E-state index in [0.717, 1.165) is 45.0 Å². The first-order chi connectivity index (χ1) is 11.6. The highest BCUT2D eigenvalue weighted by Gasteiger charge is 2.55. The topological polar surface area (TPSA) is 19.0 Å². The van der Waals surface area contributed by atoms with Crippen LogP contribution in [0.5, 0.6) is 5.75 Å². The average Bonchev–Trinajstić information content (AvgIpc) is 2.64. The molecule has 1 aromatic rings. The number of ether oxygens (including phenoxy) is 1. The molecule has 0 saturated carbocycles. The van der Waals surface area contributed by atoms with Gasteiger partial charge >= 0.3 is 0 Å². The molecular formula is C19H37N3OP+. The molecule has 0 aliphatic carbocycles. The summed E-state index contributed by atoms with van der Waals surface area (Å²) < 4.78 is 13.5. The summed E-state index contributed by atoms with van der Waals surface area (Å²) in [6, 6.07) is 8.78. The monoisotopic (exact) mass is 354 g/mol. The zero-order valence-electron chi connectivity index (χ0n) is 16.7. The van der Waals surface area contributed by atoms with E-state index in [1.165, 1.54) is 5.30 Å². The van der Waals surface area contributed by atoms with E-state index in [-0.39, 0.29) is 0 Å². The number of hydrogen-bond donors (Lipinski definition) is 0. The van der Waals surface area contributed by atoms with Gasteiger partial charge in [0.2, 0.25) is 0 Å². The number of hydrogen-bond acceptors (Lipinski definition) is 4. The lowest BCUT2D eigenvalue weighted by molar-refractivity contribution is 0.338. The minimum absolute atomic E-state index is 0.926. The molecule has 0 heterocycles. The van der Waals surface area contributed by atoms with Gasteiger partial charge in [-0.25, -0.2) is 0 Å². The van der Waals surface area contributed by atoms with Crippen LogP contribution in [0.25, 0.3) is 0 Å². The molecule has 0 amide bonds. The maximum atomic E-state index is 5.39. The van der Waals surface area contributed by atoms with Crippen LogP contribution in [-0.4, -0.2) is 60.4 Å². The van der Waals surface area contributed by atoms with Crippen molar-refractivity contribution >= 4 is 13.0 Å². The van der Waals surface area contributed by atoms with Crippen molar-refractivity contribution in [2.24, 2.45) is 0 Å². The van der Waals surface area contributed by atoms with Gasteiger partial charge in [-0.15, -0.1) is 14.0 Å². The van der Waals surface area contributed by atoms with Crippen LogP contribution in [0.15, 0.2) is 24.3 Å². The second kappa shape index (κ2) is 10.4. The fraction of sp³-hybridized carbons (Fsp3) is 0.684. The van der Waals surface area contributed by atoms with E-state index in [0.29, 0.717) is 0 Å². The number of rotatable bonds is 11. The highest BCUT2D eigenvalue weighted by molar-refractivity contribution is 7.76. The zero-order chi connectivity index (χ0) is 18.2. The normalized spacial score (nSPS) is 12.4. The molecule has 0 N–H and O–H groups in total. The van der Waals surface area contributed by atoms with Gasteiger partial charge in [-0.05, 0) is 65.8 Å². The Morgan fingerprint density at radius 2 is 1.00 bits per heavy atom. The predicted molar refractivity (Wildman–Crippen MR) is 108 cm³/mol. The highest BCUT2D eigenvalue weighted by Crippen LogP contribution is 2.66. The maximum absolute atomic E-state index is 5.39. The zero-order valence-corrected chi connectivity index (χ0v) is 17.6. The van der Waals surface area contributed by atoms with Crippen LogP contribution in [0.4, 0.5) is 0 Å². The van der Waals surface area contributed by atoms with Crippen molar-refractivity contribution in [3.8, 4) is 5.75 Å². The molecule has 0 bridgehead atoms. The largest absolute Gasteiger partial charge is 0.497 e. The summed E-state index contributed by atoms with van der Waals surface area (Å²) >= 11 is 0. The average molecular weight is 354 g/mol. The third kappa shape index (κ3) is 3.94. The molecule has 0 unspecified atom stereocenters. The van der Waals surface area contributed by atoms with Crippen LogP contribution >= 0.6 is 7.71 Å². The quantitative estimate of drug-likeness (QED) is 0.557. The summed E-state index contributed by atoms with van der Waals surface area (Å²) in [5.41, 5.74) is 0. The lowest BCUT2D eigenvalue weighted by Gasteiger charge is -2.46. The van der Waals surface area contributed by atoms with Gasteiger partial charge < -0.3 is 4.74 Å². The standard InChI is InChI=1S/C19H37N3OP/c1-8-20(9-2)24(21(10-3)11-4,22(12-5)13-6)19-16-14-18(23-7)15-17-19/h14-17H,8-13H2,1-7H3/q+1. The Morgan fingerprint density at radius 1 is 0.667 bits per heavy atom. The lowest BCUT2D eigenvalue weighted by atomic mass is 10.3. The third-order valence-corrected chi connectivity index (χ3v) is 9.85. The Kier molecular flexibility index (Phi) is 9.22. The molecule has 138 valence electrons.